The van der Waals surface area contributed by atoms with Crippen LogP contribution in [0.25, 0.3) is 11.0 Å². The minimum Gasteiger partial charge on any atom is -0.493 e. The summed E-state index contributed by atoms with van der Waals surface area (Å²) in [5, 5.41) is 2.92. The number of esters is 1. The van der Waals surface area contributed by atoms with Crippen LogP contribution in [0.3, 0.4) is 0 Å². The smallest absolute Gasteiger partial charge is 0.325 e. The van der Waals surface area contributed by atoms with Gasteiger partial charge >= 0.3 is 5.97 Å². The van der Waals surface area contributed by atoms with Crippen molar-refractivity contribution in [3.8, 4) is 17.2 Å². The van der Waals surface area contributed by atoms with Gasteiger partial charge in [0.25, 0.3) is 5.91 Å². The number of fused-ring (bicyclic) bond motifs is 1. The molecular weight excluding hydrogens is 402 g/mol. The Morgan fingerprint density at radius 2 is 1.68 bits per heavy atom. The summed E-state index contributed by atoms with van der Waals surface area (Å²) >= 11 is 0. The van der Waals surface area contributed by atoms with Crippen LogP contribution in [0.5, 0.6) is 17.2 Å². The van der Waals surface area contributed by atoms with Crippen molar-refractivity contribution in [3.63, 3.8) is 0 Å². The third kappa shape index (κ3) is 4.40. The summed E-state index contributed by atoms with van der Waals surface area (Å²) in [6.45, 7) is 1.78. The van der Waals surface area contributed by atoms with Crippen LogP contribution in [0, 0.1) is 0 Å². The quantitative estimate of drug-likeness (QED) is 0.552. The van der Waals surface area contributed by atoms with Gasteiger partial charge in [0.05, 0.1) is 45.5 Å². The van der Waals surface area contributed by atoms with Crippen molar-refractivity contribution in [2.45, 2.75) is 19.5 Å². The molecule has 0 saturated carbocycles. The molecule has 1 aromatic heterocycles. The first-order valence-electron chi connectivity index (χ1n) is 9.56. The summed E-state index contributed by atoms with van der Waals surface area (Å²) in [5.41, 5.74) is 1.82. The Morgan fingerprint density at radius 1 is 1.03 bits per heavy atom. The maximum absolute atomic E-state index is 13.0. The van der Waals surface area contributed by atoms with Crippen molar-refractivity contribution in [1.29, 1.82) is 0 Å². The van der Waals surface area contributed by atoms with E-state index in [-0.39, 0.29) is 12.5 Å². The number of para-hydroxylation sites is 2. The van der Waals surface area contributed by atoms with Gasteiger partial charge in [0.2, 0.25) is 5.75 Å². The first kappa shape index (κ1) is 21.9. The second kappa shape index (κ2) is 9.38. The van der Waals surface area contributed by atoms with E-state index in [0.29, 0.717) is 28.6 Å². The highest BCUT2D eigenvalue weighted by Gasteiger charge is 2.22. The van der Waals surface area contributed by atoms with Crippen LogP contribution in [-0.4, -0.2) is 49.9 Å². The van der Waals surface area contributed by atoms with Crippen molar-refractivity contribution in [1.82, 2.24) is 14.9 Å². The average Bonchev–Trinajstić information content (AvgIpc) is 3.16. The van der Waals surface area contributed by atoms with Crippen LogP contribution in [0.2, 0.25) is 0 Å². The third-order valence-electron chi connectivity index (χ3n) is 4.86. The van der Waals surface area contributed by atoms with Crippen molar-refractivity contribution < 1.29 is 28.5 Å². The number of hydrogen-bond donors (Lipinski definition) is 1. The molecule has 2 aromatic carbocycles. The second-order valence-electron chi connectivity index (χ2n) is 6.73. The molecule has 0 aliphatic rings. The Morgan fingerprint density at radius 3 is 2.26 bits per heavy atom. The number of benzene rings is 2. The van der Waals surface area contributed by atoms with Gasteiger partial charge in [-0.2, -0.15) is 0 Å². The van der Waals surface area contributed by atoms with E-state index in [0.717, 1.165) is 11.0 Å². The topological polar surface area (TPSA) is 101 Å². The molecule has 0 aliphatic heterocycles. The maximum atomic E-state index is 13.0. The summed E-state index contributed by atoms with van der Waals surface area (Å²) in [4.78, 5) is 29.5. The van der Waals surface area contributed by atoms with Crippen molar-refractivity contribution in [3.05, 3.63) is 47.8 Å². The van der Waals surface area contributed by atoms with Crippen LogP contribution in [0.15, 0.2) is 36.4 Å². The summed E-state index contributed by atoms with van der Waals surface area (Å²) < 4.78 is 22.5. The molecular formula is C22H25N3O6. The zero-order valence-electron chi connectivity index (χ0n) is 18.1. The molecule has 3 aromatic rings. The van der Waals surface area contributed by atoms with E-state index in [9.17, 15) is 9.59 Å². The average molecular weight is 427 g/mol. The van der Waals surface area contributed by atoms with Gasteiger partial charge in [0, 0.05) is 5.56 Å². The van der Waals surface area contributed by atoms with Gasteiger partial charge in [-0.15, -0.1) is 0 Å². The van der Waals surface area contributed by atoms with Gasteiger partial charge in [0.1, 0.15) is 12.4 Å². The Labute approximate surface area is 179 Å². The Kier molecular flexibility index (Phi) is 6.64. The summed E-state index contributed by atoms with van der Waals surface area (Å²) in [6.07, 6.45) is 0. The molecule has 0 saturated heterocycles. The van der Waals surface area contributed by atoms with Crippen LogP contribution in [0.4, 0.5) is 0 Å². The molecule has 0 radical (unpaired) electrons. The second-order valence-corrected chi connectivity index (χ2v) is 6.73. The zero-order chi connectivity index (χ0) is 22.5. The molecule has 0 spiro atoms. The van der Waals surface area contributed by atoms with Crippen LogP contribution < -0.4 is 19.5 Å². The normalized spacial score (nSPS) is 11.6. The lowest BCUT2D eigenvalue weighted by Gasteiger charge is -2.17. The number of hydrogen-bond acceptors (Lipinski definition) is 7. The minimum atomic E-state index is -0.497. The first-order valence-corrected chi connectivity index (χ1v) is 9.56. The Hall–Kier alpha value is -3.75. The minimum absolute atomic E-state index is 0.0171. The Bertz CT molecular complexity index is 1080. The number of carbonyl (C=O) groups is 2. The zero-order valence-corrected chi connectivity index (χ0v) is 18.1. The molecule has 0 aliphatic carbocycles. The molecule has 1 atom stereocenters. The highest BCUT2D eigenvalue weighted by Crippen LogP contribution is 2.38. The van der Waals surface area contributed by atoms with E-state index < -0.39 is 12.0 Å². The number of imidazole rings is 1. The largest absolute Gasteiger partial charge is 0.493 e. The van der Waals surface area contributed by atoms with Gasteiger partial charge in [-0.05, 0) is 31.2 Å². The summed E-state index contributed by atoms with van der Waals surface area (Å²) in [5.74, 6) is 0.910. The van der Waals surface area contributed by atoms with Crippen molar-refractivity contribution in [2.24, 2.45) is 0 Å². The fourth-order valence-electron chi connectivity index (χ4n) is 3.34. The molecule has 1 unspecified atom stereocenters. The van der Waals surface area contributed by atoms with Crippen molar-refractivity contribution in [2.75, 3.05) is 28.4 Å². The monoisotopic (exact) mass is 427 g/mol. The number of aromatic nitrogens is 2. The van der Waals surface area contributed by atoms with E-state index in [1.54, 1.807) is 23.6 Å². The first-order chi connectivity index (χ1) is 14.9. The molecule has 9 nitrogen and oxygen atoms in total. The molecule has 1 amide bonds. The molecule has 31 heavy (non-hydrogen) atoms. The summed E-state index contributed by atoms with van der Waals surface area (Å²) in [6, 6.07) is 10.1. The molecule has 0 fully saturated rings. The number of nitrogens with zero attached hydrogens (tertiary/aromatic N) is 2. The van der Waals surface area contributed by atoms with E-state index >= 15 is 0 Å². The third-order valence-corrected chi connectivity index (χ3v) is 4.86. The van der Waals surface area contributed by atoms with Crippen LogP contribution in [-0.2, 0) is 16.1 Å². The fraction of sp³-hybridized carbons (Fsp3) is 0.318. The molecule has 1 heterocycles. The predicted molar refractivity (Wildman–Crippen MR) is 114 cm³/mol. The van der Waals surface area contributed by atoms with Gasteiger partial charge in [-0.3, -0.25) is 9.59 Å². The van der Waals surface area contributed by atoms with E-state index in [2.05, 4.69) is 10.3 Å². The van der Waals surface area contributed by atoms with Gasteiger partial charge in [0.15, 0.2) is 11.5 Å². The number of ether oxygens (including phenoxy) is 4. The number of carbonyl (C=O) groups excluding carboxylic acids is 2. The van der Waals surface area contributed by atoms with E-state index in [1.165, 1.54) is 28.4 Å². The molecule has 0 bridgehead atoms. The number of methoxy groups -OCH3 is 4. The lowest BCUT2D eigenvalue weighted by Crippen LogP contribution is -2.29. The highest BCUT2D eigenvalue weighted by atomic mass is 16.5. The van der Waals surface area contributed by atoms with Crippen molar-refractivity contribution >= 4 is 22.9 Å². The van der Waals surface area contributed by atoms with Crippen LogP contribution >= 0.6 is 0 Å². The van der Waals surface area contributed by atoms with Gasteiger partial charge in [-0.25, -0.2) is 4.98 Å². The highest BCUT2D eigenvalue weighted by molar-refractivity contribution is 5.96. The van der Waals surface area contributed by atoms with E-state index in [4.69, 9.17) is 18.9 Å². The molecule has 1 N–H and O–H groups in total. The number of rotatable bonds is 8. The SMILES string of the molecule is COC(=O)Cn1c(C(C)NC(=O)c2cc(OC)c(OC)c(OC)c2)nc2ccccc21. The van der Waals surface area contributed by atoms with Gasteiger partial charge in [-0.1, -0.05) is 12.1 Å². The summed E-state index contributed by atoms with van der Waals surface area (Å²) in [7, 11) is 5.79. The van der Waals surface area contributed by atoms with E-state index in [1.807, 2.05) is 24.3 Å². The molecule has 3 rings (SSSR count). The molecule has 9 heteroatoms. The number of amides is 1. The lowest BCUT2D eigenvalue weighted by molar-refractivity contribution is -0.141. The standard InChI is InChI=1S/C22H25N3O6/c1-13(21-24-15-8-6-7-9-16(15)25(21)12-19(26)30-4)23-22(27)14-10-17(28-2)20(31-5)18(11-14)29-3/h6-11,13H,12H2,1-5H3,(H,23,27). The predicted octanol–water partition coefficient (Wildman–Crippen LogP) is 2.73. The maximum Gasteiger partial charge on any atom is 0.325 e. The van der Waals surface area contributed by atoms with Gasteiger partial charge < -0.3 is 28.8 Å². The lowest BCUT2D eigenvalue weighted by atomic mass is 10.1. The Balaban J connectivity index is 1.94. The number of nitrogens with one attached hydrogen (secondary N) is 1. The van der Waals surface area contributed by atoms with Crippen LogP contribution in [0.1, 0.15) is 29.1 Å². The molecule has 164 valence electrons. The fourth-order valence-corrected chi connectivity index (χ4v) is 3.34.